The van der Waals surface area contributed by atoms with Gasteiger partial charge in [0.15, 0.2) is 5.43 Å². The van der Waals surface area contributed by atoms with Crippen LogP contribution in [0, 0.1) is 13.8 Å². The highest BCUT2D eigenvalue weighted by Crippen LogP contribution is 2.33. The van der Waals surface area contributed by atoms with Crippen LogP contribution < -0.4 is 22.0 Å². The summed E-state index contributed by atoms with van der Waals surface area (Å²) in [6, 6.07) is 16.1. The molecule has 0 aliphatic heterocycles. The number of rotatable bonds is 7. The molecule has 8 nitrogen and oxygen atoms in total. The monoisotopic (exact) mass is 498 g/mol. The fraction of sp³-hybridized carbons (Fsp3) is 0.207. The first-order chi connectivity index (χ1) is 17.7. The Balaban J connectivity index is 1.86. The number of aliphatic imine (C=N–C) groups is 1. The van der Waals surface area contributed by atoms with Gasteiger partial charge in [-0.15, -0.1) is 0 Å². The number of hydrogen-bond acceptors (Lipinski definition) is 7. The van der Waals surface area contributed by atoms with Crippen molar-refractivity contribution in [1.82, 2.24) is 5.48 Å². The topological polar surface area (TPSA) is 119 Å². The van der Waals surface area contributed by atoms with Crippen LogP contribution in [-0.2, 0) is 4.84 Å². The van der Waals surface area contributed by atoms with E-state index in [1.54, 1.807) is 38.4 Å². The molecule has 1 amide bonds. The Morgan fingerprint density at radius 3 is 2.62 bits per heavy atom. The van der Waals surface area contributed by atoms with Gasteiger partial charge >= 0.3 is 0 Å². The second-order valence-corrected chi connectivity index (χ2v) is 8.89. The Kier molecular flexibility index (Phi) is 7.40. The van der Waals surface area contributed by atoms with Gasteiger partial charge in [-0.3, -0.25) is 19.4 Å². The van der Waals surface area contributed by atoms with E-state index in [2.05, 4.69) is 15.8 Å². The molecule has 0 bridgehead atoms. The number of hydrogen-bond donors (Lipinski definition) is 3. The number of nitrogens with two attached hydrogens (primary N) is 1. The van der Waals surface area contributed by atoms with E-state index in [1.807, 2.05) is 50.2 Å². The molecule has 3 aromatic carbocycles. The number of para-hydroxylation sites is 1. The highest BCUT2D eigenvalue weighted by molar-refractivity contribution is 5.99. The van der Waals surface area contributed by atoms with Gasteiger partial charge in [0, 0.05) is 46.9 Å². The van der Waals surface area contributed by atoms with Gasteiger partial charge in [-0.25, -0.2) is 5.48 Å². The lowest BCUT2D eigenvalue weighted by Crippen LogP contribution is -2.23. The van der Waals surface area contributed by atoms with Crippen molar-refractivity contribution in [3.63, 3.8) is 0 Å². The third-order valence-electron chi connectivity index (χ3n) is 6.21. The molecule has 0 aliphatic rings. The van der Waals surface area contributed by atoms with Gasteiger partial charge in [0.25, 0.3) is 5.91 Å². The molecule has 0 spiro atoms. The molecule has 1 heterocycles. The van der Waals surface area contributed by atoms with Gasteiger partial charge in [0.2, 0.25) is 0 Å². The summed E-state index contributed by atoms with van der Waals surface area (Å²) in [4.78, 5) is 34.8. The molecule has 0 fully saturated rings. The van der Waals surface area contributed by atoms with Crippen LogP contribution in [0.5, 0.6) is 0 Å². The number of aryl methyl sites for hydroxylation is 1. The van der Waals surface area contributed by atoms with Crippen LogP contribution in [0.15, 0.2) is 68.8 Å². The third kappa shape index (κ3) is 5.10. The number of carbonyl (C=O) groups is 1. The lowest BCUT2D eigenvalue weighted by atomic mass is 9.98. The summed E-state index contributed by atoms with van der Waals surface area (Å²) in [6.45, 7) is 5.66. The number of nitrogen functional groups attached to an aromatic ring is 1. The Morgan fingerprint density at radius 2 is 1.89 bits per heavy atom. The van der Waals surface area contributed by atoms with Crippen molar-refractivity contribution < 1.29 is 14.0 Å². The number of benzene rings is 3. The van der Waals surface area contributed by atoms with Crippen molar-refractivity contribution in [3.8, 4) is 11.3 Å². The predicted molar refractivity (Wildman–Crippen MR) is 148 cm³/mol. The molecule has 37 heavy (non-hydrogen) atoms. The van der Waals surface area contributed by atoms with Gasteiger partial charge < -0.3 is 15.5 Å². The molecule has 0 aliphatic carbocycles. The molecule has 0 saturated heterocycles. The number of nitrogens with zero attached hydrogens (tertiary/aromatic N) is 1. The molecule has 4 rings (SSSR count). The van der Waals surface area contributed by atoms with E-state index >= 15 is 0 Å². The molecule has 1 aromatic heterocycles. The third-order valence-corrected chi connectivity index (χ3v) is 6.21. The number of nitrogens with one attached hydrogen (secondary N) is 2. The highest BCUT2D eigenvalue weighted by Gasteiger charge is 2.20. The lowest BCUT2D eigenvalue weighted by molar-refractivity contribution is 0.0538. The first-order valence-corrected chi connectivity index (χ1v) is 11.8. The molecule has 190 valence electrons. The largest absolute Gasteiger partial charge is 0.455 e. The normalized spacial score (nSPS) is 12.1. The molecule has 8 heteroatoms. The summed E-state index contributed by atoms with van der Waals surface area (Å²) < 4.78 is 6.47. The van der Waals surface area contributed by atoms with Crippen molar-refractivity contribution in [3.05, 3.63) is 92.6 Å². The fourth-order valence-corrected chi connectivity index (χ4v) is 4.40. The summed E-state index contributed by atoms with van der Waals surface area (Å²) in [6.07, 6.45) is 1.67. The van der Waals surface area contributed by atoms with E-state index in [0.29, 0.717) is 39.2 Å². The van der Waals surface area contributed by atoms with Crippen molar-refractivity contribution in [2.45, 2.75) is 26.8 Å². The first kappa shape index (κ1) is 25.7. The lowest BCUT2D eigenvalue weighted by Gasteiger charge is -2.20. The summed E-state index contributed by atoms with van der Waals surface area (Å²) >= 11 is 0. The Morgan fingerprint density at radius 1 is 1.14 bits per heavy atom. The van der Waals surface area contributed by atoms with Gasteiger partial charge in [-0.1, -0.05) is 18.2 Å². The molecule has 4 N–H and O–H groups in total. The minimum absolute atomic E-state index is 0.101. The maximum Gasteiger partial charge on any atom is 0.276 e. The van der Waals surface area contributed by atoms with Crippen LogP contribution in [0.3, 0.4) is 0 Å². The van der Waals surface area contributed by atoms with Crippen LogP contribution in [0.1, 0.15) is 45.6 Å². The Labute approximate surface area is 215 Å². The minimum atomic E-state index is -0.369. The highest BCUT2D eigenvalue weighted by atomic mass is 16.6. The zero-order chi connectivity index (χ0) is 26.7. The summed E-state index contributed by atoms with van der Waals surface area (Å²) in [5.74, 6) is 0.103. The minimum Gasteiger partial charge on any atom is -0.455 e. The SMILES string of the molecule is CN=Cc1cc(-c2oc3c(C(C)Nc4ccccc4C(=O)NOC)cc(C)cc3c(=O)c2C)ccc1N. The van der Waals surface area contributed by atoms with Crippen LogP contribution in [0.2, 0.25) is 0 Å². The average molecular weight is 499 g/mol. The summed E-state index contributed by atoms with van der Waals surface area (Å²) in [7, 11) is 3.06. The van der Waals surface area contributed by atoms with E-state index in [0.717, 1.165) is 22.3 Å². The molecule has 1 atom stereocenters. The van der Waals surface area contributed by atoms with Gasteiger partial charge in [-0.05, 0) is 62.7 Å². The smallest absolute Gasteiger partial charge is 0.276 e. The van der Waals surface area contributed by atoms with Crippen LogP contribution >= 0.6 is 0 Å². The zero-order valence-electron chi connectivity index (χ0n) is 21.5. The molecular formula is C29H30N4O4. The van der Waals surface area contributed by atoms with E-state index in [4.69, 9.17) is 15.0 Å². The van der Waals surface area contributed by atoms with Crippen molar-refractivity contribution in [2.75, 3.05) is 25.2 Å². The van der Waals surface area contributed by atoms with Gasteiger partial charge in [-0.2, -0.15) is 0 Å². The number of hydroxylamine groups is 1. The number of carbonyl (C=O) groups excluding carboxylic acids is 1. The summed E-state index contributed by atoms with van der Waals surface area (Å²) in [5.41, 5.74) is 14.2. The average Bonchev–Trinajstić information content (AvgIpc) is 2.88. The van der Waals surface area contributed by atoms with Crippen molar-refractivity contribution >= 4 is 34.5 Å². The Bertz CT molecular complexity index is 1570. The molecule has 0 radical (unpaired) electrons. The quantitative estimate of drug-likeness (QED) is 0.184. The maximum atomic E-state index is 13.5. The van der Waals surface area contributed by atoms with E-state index in [9.17, 15) is 9.59 Å². The van der Waals surface area contributed by atoms with Gasteiger partial charge in [0.1, 0.15) is 11.3 Å². The predicted octanol–water partition coefficient (Wildman–Crippen LogP) is 5.17. The van der Waals surface area contributed by atoms with Crippen molar-refractivity contribution in [2.24, 2.45) is 4.99 Å². The van der Waals surface area contributed by atoms with Crippen molar-refractivity contribution in [1.29, 1.82) is 0 Å². The second-order valence-electron chi connectivity index (χ2n) is 8.89. The van der Waals surface area contributed by atoms with Crippen LogP contribution in [-0.4, -0.2) is 26.3 Å². The van der Waals surface area contributed by atoms with E-state index in [1.165, 1.54) is 7.11 Å². The Hall–Kier alpha value is -4.43. The number of anilines is 2. The molecule has 4 aromatic rings. The first-order valence-electron chi connectivity index (χ1n) is 11.8. The number of fused-ring (bicyclic) bond motifs is 1. The maximum absolute atomic E-state index is 13.5. The number of amides is 1. The van der Waals surface area contributed by atoms with Gasteiger partial charge in [0.05, 0.1) is 24.1 Å². The molecule has 1 unspecified atom stereocenters. The standard InChI is InChI=1S/C29H30N4O4/c1-16-12-22(18(3)32-25-9-7-6-8-21(25)29(35)33-36-5)28-23(13-16)26(34)17(2)27(37-28)19-10-11-24(30)20(14-19)15-31-4/h6-15,18,32H,30H2,1-5H3,(H,33,35). The zero-order valence-corrected chi connectivity index (χ0v) is 21.5. The van der Waals surface area contributed by atoms with E-state index in [-0.39, 0.29) is 17.4 Å². The van der Waals surface area contributed by atoms with Crippen LogP contribution in [0.4, 0.5) is 11.4 Å². The molecular weight excluding hydrogens is 468 g/mol. The van der Waals surface area contributed by atoms with Crippen LogP contribution in [0.25, 0.3) is 22.3 Å². The van der Waals surface area contributed by atoms with E-state index < -0.39 is 0 Å². The second kappa shape index (κ2) is 10.7. The fourth-order valence-electron chi connectivity index (χ4n) is 4.40. The summed E-state index contributed by atoms with van der Waals surface area (Å²) in [5, 5.41) is 3.90. The molecule has 0 saturated carbocycles.